The standard InChI is InChI=1S/C22H16N4O2/c23-14-17-3-1-16(2-4-17)13-18(15-24)22(27)26-19-5-7-20(8-6-19)28-21-9-11-25-12-10-21/h1-12,18H,13H2,(H,26,27). The van der Waals surface area contributed by atoms with Crippen LogP contribution in [0, 0.1) is 28.6 Å². The second-order valence-electron chi connectivity index (χ2n) is 5.99. The highest BCUT2D eigenvalue weighted by Crippen LogP contribution is 2.22. The van der Waals surface area contributed by atoms with E-state index in [1.807, 2.05) is 12.1 Å². The third-order valence-corrected chi connectivity index (χ3v) is 4.00. The first-order valence-electron chi connectivity index (χ1n) is 8.55. The second kappa shape index (κ2) is 8.98. The minimum absolute atomic E-state index is 0.275. The number of nitriles is 2. The molecule has 0 aliphatic carbocycles. The summed E-state index contributed by atoms with van der Waals surface area (Å²) in [7, 11) is 0. The van der Waals surface area contributed by atoms with Crippen LogP contribution in [0.1, 0.15) is 11.1 Å². The fourth-order valence-corrected chi connectivity index (χ4v) is 2.53. The van der Waals surface area contributed by atoms with E-state index in [0.717, 1.165) is 5.56 Å². The molecule has 0 aliphatic heterocycles. The molecule has 0 saturated heterocycles. The SMILES string of the molecule is N#Cc1ccc(CC(C#N)C(=O)Nc2ccc(Oc3ccncc3)cc2)cc1. The molecule has 3 aromatic rings. The van der Waals surface area contributed by atoms with Gasteiger partial charge in [-0.3, -0.25) is 9.78 Å². The van der Waals surface area contributed by atoms with E-state index in [0.29, 0.717) is 22.7 Å². The fourth-order valence-electron chi connectivity index (χ4n) is 2.53. The molecular formula is C22H16N4O2. The number of carbonyl (C=O) groups is 1. The predicted octanol–water partition coefficient (Wildman–Crippen LogP) is 4.07. The predicted molar refractivity (Wildman–Crippen MR) is 103 cm³/mol. The molecule has 0 saturated carbocycles. The Kier molecular flexibility index (Phi) is 5.97. The molecule has 1 N–H and O–H groups in total. The van der Waals surface area contributed by atoms with E-state index in [2.05, 4.69) is 10.3 Å². The first-order valence-corrected chi connectivity index (χ1v) is 8.55. The van der Waals surface area contributed by atoms with Crippen molar-refractivity contribution >= 4 is 11.6 Å². The largest absolute Gasteiger partial charge is 0.457 e. The minimum atomic E-state index is -0.833. The first-order chi connectivity index (χ1) is 13.7. The lowest BCUT2D eigenvalue weighted by molar-refractivity contribution is -0.118. The van der Waals surface area contributed by atoms with E-state index in [1.54, 1.807) is 73.1 Å². The van der Waals surface area contributed by atoms with Crippen LogP contribution in [0.5, 0.6) is 11.5 Å². The van der Waals surface area contributed by atoms with Crippen LogP contribution in [-0.2, 0) is 11.2 Å². The topological polar surface area (TPSA) is 98.8 Å². The number of aromatic nitrogens is 1. The molecule has 0 aliphatic rings. The maximum Gasteiger partial charge on any atom is 0.242 e. The Labute approximate surface area is 162 Å². The van der Waals surface area contributed by atoms with Crippen molar-refractivity contribution in [2.45, 2.75) is 6.42 Å². The number of nitrogens with one attached hydrogen (secondary N) is 1. The van der Waals surface area contributed by atoms with Crippen LogP contribution in [-0.4, -0.2) is 10.9 Å². The van der Waals surface area contributed by atoms with Crippen molar-refractivity contribution in [2.75, 3.05) is 5.32 Å². The van der Waals surface area contributed by atoms with Crippen molar-refractivity contribution in [2.24, 2.45) is 5.92 Å². The molecule has 0 spiro atoms. The van der Waals surface area contributed by atoms with Gasteiger partial charge >= 0.3 is 0 Å². The maximum atomic E-state index is 12.4. The molecule has 1 aromatic heterocycles. The highest BCUT2D eigenvalue weighted by Gasteiger charge is 2.18. The lowest BCUT2D eigenvalue weighted by atomic mass is 9.99. The van der Waals surface area contributed by atoms with Gasteiger partial charge in [-0.1, -0.05) is 12.1 Å². The molecule has 1 atom stereocenters. The summed E-state index contributed by atoms with van der Waals surface area (Å²) in [5.41, 5.74) is 1.93. The van der Waals surface area contributed by atoms with Crippen LogP contribution >= 0.6 is 0 Å². The highest BCUT2D eigenvalue weighted by molar-refractivity contribution is 5.94. The van der Waals surface area contributed by atoms with Gasteiger partial charge in [-0.25, -0.2) is 0 Å². The number of hydrogen-bond donors (Lipinski definition) is 1. The Morgan fingerprint density at radius 2 is 1.61 bits per heavy atom. The van der Waals surface area contributed by atoms with Gasteiger partial charge in [-0.05, 0) is 60.5 Å². The summed E-state index contributed by atoms with van der Waals surface area (Å²) in [4.78, 5) is 16.4. The van der Waals surface area contributed by atoms with E-state index in [1.165, 1.54) is 0 Å². The Morgan fingerprint density at radius 1 is 0.964 bits per heavy atom. The zero-order valence-electron chi connectivity index (χ0n) is 14.9. The summed E-state index contributed by atoms with van der Waals surface area (Å²) in [6.45, 7) is 0. The Hall–Kier alpha value is -4.16. The van der Waals surface area contributed by atoms with E-state index < -0.39 is 5.92 Å². The number of nitrogens with zero attached hydrogens (tertiary/aromatic N) is 3. The van der Waals surface area contributed by atoms with Gasteiger partial charge in [0.25, 0.3) is 0 Å². The van der Waals surface area contributed by atoms with Gasteiger partial charge in [0, 0.05) is 18.1 Å². The van der Waals surface area contributed by atoms with Crippen LogP contribution in [0.25, 0.3) is 0 Å². The molecule has 0 bridgehead atoms. The number of benzene rings is 2. The number of rotatable bonds is 6. The Bertz CT molecular complexity index is 1020. The fraction of sp³-hybridized carbons (Fsp3) is 0.0909. The molecule has 0 fully saturated rings. The van der Waals surface area contributed by atoms with E-state index in [-0.39, 0.29) is 12.3 Å². The number of amides is 1. The summed E-state index contributed by atoms with van der Waals surface area (Å²) >= 11 is 0. The summed E-state index contributed by atoms with van der Waals surface area (Å²) in [6.07, 6.45) is 3.55. The summed E-state index contributed by atoms with van der Waals surface area (Å²) < 4.78 is 5.68. The molecule has 6 nitrogen and oxygen atoms in total. The third-order valence-electron chi connectivity index (χ3n) is 4.00. The normalized spacial score (nSPS) is 10.9. The van der Waals surface area contributed by atoms with Crippen molar-refractivity contribution in [3.05, 3.63) is 84.2 Å². The van der Waals surface area contributed by atoms with Crippen molar-refractivity contribution in [3.63, 3.8) is 0 Å². The molecule has 1 unspecified atom stereocenters. The molecule has 28 heavy (non-hydrogen) atoms. The van der Waals surface area contributed by atoms with Crippen molar-refractivity contribution in [3.8, 4) is 23.6 Å². The van der Waals surface area contributed by atoms with Crippen molar-refractivity contribution < 1.29 is 9.53 Å². The Balaban J connectivity index is 1.60. The molecular weight excluding hydrogens is 352 g/mol. The maximum absolute atomic E-state index is 12.4. The van der Waals surface area contributed by atoms with Gasteiger partial charge in [0.05, 0.1) is 17.7 Å². The van der Waals surface area contributed by atoms with Gasteiger partial charge in [0.2, 0.25) is 5.91 Å². The zero-order valence-corrected chi connectivity index (χ0v) is 14.9. The van der Waals surface area contributed by atoms with Crippen LogP contribution in [0.2, 0.25) is 0 Å². The number of hydrogen-bond acceptors (Lipinski definition) is 5. The van der Waals surface area contributed by atoms with Gasteiger partial charge in [0.15, 0.2) is 0 Å². The molecule has 136 valence electrons. The van der Waals surface area contributed by atoms with Gasteiger partial charge < -0.3 is 10.1 Å². The molecule has 2 aromatic carbocycles. The highest BCUT2D eigenvalue weighted by atomic mass is 16.5. The van der Waals surface area contributed by atoms with Crippen LogP contribution in [0.4, 0.5) is 5.69 Å². The Morgan fingerprint density at radius 3 is 2.21 bits per heavy atom. The average Bonchev–Trinajstić information content (AvgIpc) is 2.74. The second-order valence-corrected chi connectivity index (χ2v) is 5.99. The smallest absolute Gasteiger partial charge is 0.242 e. The molecule has 6 heteroatoms. The average molecular weight is 368 g/mol. The van der Waals surface area contributed by atoms with Gasteiger partial charge in [-0.15, -0.1) is 0 Å². The van der Waals surface area contributed by atoms with E-state index >= 15 is 0 Å². The summed E-state index contributed by atoms with van der Waals surface area (Å²) in [5.74, 6) is 0.0766. The first kappa shape index (κ1) is 18.6. The lowest BCUT2D eigenvalue weighted by Gasteiger charge is -2.11. The quantitative estimate of drug-likeness (QED) is 0.707. The molecule has 1 amide bonds. The zero-order chi connectivity index (χ0) is 19.8. The van der Waals surface area contributed by atoms with Crippen molar-refractivity contribution in [1.82, 2.24) is 4.98 Å². The van der Waals surface area contributed by atoms with E-state index in [9.17, 15) is 10.1 Å². The number of ether oxygens (including phenoxy) is 1. The van der Waals surface area contributed by atoms with E-state index in [4.69, 9.17) is 10.00 Å². The van der Waals surface area contributed by atoms with Gasteiger partial charge in [0.1, 0.15) is 17.4 Å². The summed E-state index contributed by atoms with van der Waals surface area (Å²) in [6, 6.07) is 21.3. The van der Waals surface area contributed by atoms with Crippen LogP contribution < -0.4 is 10.1 Å². The van der Waals surface area contributed by atoms with Gasteiger partial charge in [-0.2, -0.15) is 10.5 Å². The number of carbonyl (C=O) groups excluding carboxylic acids is 1. The molecule has 3 rings (SSSR count). The number of anilines is 1. The summed E-state index contributed by atoms with van der Waals surface area (Å²) in [5, 5.41) is 20.9. The molecule has 1 heterocycles. The molecule has 0 radical (unpaired) electrons. The minimum Gasteiger partial charge on any atom is -0.457 e. The monoisotopic (exact) mass is 368 g/mol. The van der Waals surface area contributed by atoms with Crippen LogP contribution in [0.3, 0.4) is 0 Å². The van der Waals surface area contributed by atoms with Crippen LogP contribution in [0.15, 0.2) is 73.1 Å². The lowest BCUT2D eigenvalue weighted by Crippen LogP contribution is -2.23. The third kappa shape index (κ3) is 4.94. The van der Waals surface area contributed by atoms with Crippen molar-refractivity contribution in [1.29, 1.82) is 10.5 Å². The number of pyridine rings is 1.